The lowest BCUT2D eigenvalue weighted by atomic mass is 9.70. The molecule has 2 aliphatic rings. The van der Waals surface area contributed by atoms with Crippen molar-refractivity contribution in [3.8, 4) is 22.3 Å². The molecule has 5 aromatic rings. The lowest BCUT2D eigenvalue weighted by molar-refractivity contribution is 0.793. The van der Waals surface area contributed by atoms with Gasteiger partial charge in [-0.05, 0) is 96.8 Å². The molecule has 0 aliphatic heterocycles. The Labute approximate surface area is 208 Å². The monoisotopic (exact) mass is 532 g/mol. The Balaban J connectivity index is 1.60. The van der Waals surface area contributed by atoms with Crippen molar-refractivity contribution >= 4 is 22.6 Å². The average Bonchev–Trinajstić information content (AvgIpc) is 3.32. The van der Waals surface area contributed by atoms with E-state index >= 15 is 0 Å². The van der Waals surface area contributed by atoms with E-state index in [0.29, 0.717) is 0 Å². The summed E-state index contributed by atoms with van der Waals surface area (Å²) in [4.78, 5) is 0. The average molecular weight is 532 g/mol. The molecular weight excluding hydrogens is 511 g/mol. The van der Waals surface area contributed by atoms with Crippen molar-refractivity contribution in [2.24, 2.45) is 0 Å². The summed E-state index contributed by atoms with van der Waals surface area (Å²) in [5.74, 6) is 0. The van der Waals surface area contributed by atoms with E-state index in [4.69, 9.17) is 0 Å². The molecule has 0 radical (unpaired) electrons. The van der Waals surface area contributed by atoms with Crippen molar-refractivity contribution in [1.29, 1.82) is 0 Å². The molecule has 0 saturated heterocycles. The maximum absolute atomic E-state index is 2.46. The van der Waals surface area contributed by atoms with E-state index in [0.717, 1.165) is 6.42 Å². The molecule has 0 amide bonds. The van der Waals surface area contributed by atoms with Gasteiger partial charge in [0, 0.05) is 3.57 Å². The molecule has 0 unspecified atom stereocenters. The standard InChI is InChI=1S/C32H21I/c33-23-17-18-29-26(20-23)31-22(19-21-9-2-1-3-10-21)11-8-16-30(31)32(29)27-14-6-4-12-24(27)25-13-5-7-15-28(25)32/h1-18,20H,19H2. The first-order valence-corrected chi connectivity index (χ1v) is 12.5. The van der Waals surface area contributed by atoms with Crippen LogP contribution in [0.3, 0.4) is 0 Å². The molecule has 0 aromatic heterocycles. The van der Waals surface area contributed by atoms with Crippen LogP contribution in [-0.4, -0.2) is 0 Å². The molecule has 0 N–H and O–H groups in total. The highest BCUT2D eigenvalue weighted by Crippen LogP contribution is 2.63. The molecular formula is C32H21I. The van der Waals surface area contributed by atoms with Crippen LogP contribution < -0.4 is 0 Å². The van der Waals surface area contributed by atoms with Crippen LogP contribution in [-0.2, 0) is 11.8 Å². The Morgan fingerprint density at radius 1 is 0.515 bits per heavy atom. The predicted octanol–water partition coefficient (Wildman–Crippen LogP) is 8.23. The van der Waals surface area contributed by atoms with E-state index in [1.54, 1.807) is 0 Å². The van der Waals surface area contributed by atoms with Crippen LogP contribution in [0.15, 0.2) is 115 Å². The van der Waals surface area contributed by atoms with Gasteiger partial charge in [-0.2, -0.15) is 0 Å². The van der Waals surface area contributed by atoms with E-state index in [1.165, 1.54) is 59.2 Å². The Morgan fingerprint density at radius 2 is 1.12 bits per heavy atom. The number of hydrogen-bond donors (Lipinski definition) is 0. The van der Waals surface area contributed by atoms with Crippen molar-refractivity contribution in [3.05, 3.63) is 152 Å². The van der Waals surface area contributed by atoms with Crippen molar-refractivity contribution in [1.82, 2.24) is 0 Å². The third-order valence-electron chi connectivity index (χ3n) is 7.40. The second kappa shape index (κ2) is 7.16. The highest BCUT2D eigenvalue weighted by Gasteiger charge is 2.51. The van der Waals surface area contributed by atoms with Gasteiger partial charge >= 0.3 is 0 Å². The van der Waals surface area contributed by atoms with E-state index in [9.17, 15) is 0 Å². The topological polar surface area (TPSA) is 0 Å². The summed E-state index contributed by atoms with van der Waals surface area (Å²) in [5, 5.41) is 0. The Morgan fingerprint density at radius 3 is 1.85 bits per heavy atom. The molecule has 1 heteroatoms. The second-order valence-corrected chi connectivity index (χ2v) is 10.3. The van der Waals surface area contributed by atoms with E-state index < -0.39 is 0 Å². The van der Waals surface area contributed by atoms with Crippen molar-refractivity contribution in [2.45, 2.75) is 11.8 Å². The zero-order valence-corrected chi connectivity index (χ0v) is 20.2. The zero-order chi connectivity index (χ0) is 22.0. The van der Waals surface area contributed by atoms with Gasteiger partial charge in [-0.3, -0.25) is 0 Å². The quantitative estimate of drug-likeness (QED) is 0.197. The van der Waals surface area contributed by atoms with Crippen molar-refractivity contribution in [2.75, 3.05) is 0 Å². The summed E-state index contributed by atoms with van der Waals surface area (Å²) >= 11 is 2.46. The molecule has 5 aromatic carbocycles. The molecule has 0 saturated carbocycles. The van der Waals surface area contributed by atoms with Crippen molar-refractivity contribution < 1.29 is 0 Å². The molecule has 0 bridgehead atoms. The number of fused-ring (bicyclic) bond motifs is 10. The minimum Gasteiger partial charge on any atom is -0.0622 e. The van der Waals surface area contributed by atoms with Crippen molar-refractivity contribution in [3.63, 3.8) is 0 Å². The van der Waals surface area contributed by atoms with Gasteiger partial charge in [-0.1, -0.05) is 103 Å². The fourth-order valence-electron chi connectivity index (χ4n) is 6.20. The molecule has 0 atom stereocenters. The van der Waals surface area contributed by atoms with Gasteiger partial charge < -0.3 is 0 Å². The van der Waals surface area contributed by atoms with Crippen LogP contribution in [0.2, 0.25) is 0 Å². The first-order chi connectivity index (χ1) is 16.3. The molecule has 156 valence electrons. The van der Waals surface area contributed by atoms with Gasteiger partial charge in [0.05, 0.1) is 5.41 Å². The van der Waals surface area contributed by atoms with Gasteiger partial charge in [0.1, 0.15) is 0 Å². The molecule has 0 heterocycles. The van der Waals surface area contributed by atoms with Crippen LogP contribution >= 0.6 is 22.6 Å². The molecule has 0 nitrogen and oxygen atoms in total. The van der Waals surface area contributed by atoms with Gasteiger partial charge in [0.25, 0.3) is 0 Å². The summed E-state index contributed by atoms with van der Waals surface area (Å²) < 4.78 is 1.28. The smallest absolute Gasteiger partial charge is 0.0622 e. The first kappa shape index (κ1) is 19.3. The van der Waals surface area contributed by atoms with Gasteiger partial charge in [0.2, 0.25) is 0 Å². The SMILES string of the molecule is Ic1ccc2c(c1)-c1c(Cc3ccccc3)cccc1C21c2ccccc2-c2ccccc21. The summed E-state index contributed by atoms with van der Waals surface area (Å²) in [6.07, 6.45) is 0.939. The maximum atomic E-state index is 2.46. The lowest BCUT2D eigenvalue weighted by Gasteiger charge is -2.30. The molecule has 7 rings (SSSR count). The van der Waals surface area contributed by atoms with Gasteiger partial charge in [0.15, 0.2) is 0 Å². The minimum atomic E-state index is -0.255. The van der Waals surface area contributed by atoms with E-state index in [2.05, 4.69) is 138 Å². The van der Waals surface area contributed by atoms with Crippen LogP contribution in [0, 0.1) is 3.57 Å². The second-order valence-electron chi connectivity index (χ2n) is 9.03. The number of hydrogen-bond acceptors (Lipinski definition) is 0. The van der Waals surface area contributed by atoms with Crippen LogP contribution in [0.4, 0.5) is 0 Å². The maximum Gasteiger partial charge on any atom is 0.0725 e. The summed E-state index contributed by atoms with van der Waals surface area (Å²) in [6, 6.07) is 42.9. The largest absolute Gasteiger partial charge is 0.0725 e. The van der Waals surface area contributed by atoms with E-state index in [1.807, 2.05) is 0 Å². The number of halogens is 1. The highest BCUT2D eigenvalue weighted by molar-refractivity contribution is 14.1. The zero-order valence-electron chi connectivity index (χ0n) is 18.1. The summed E-state index contributed by atoms with van der Waals surface area (Å²) in [6.45, 7) is 0. The summed E-state index contributed by atoms with van der Waals surface area (Å²) in [5.41, 5.74) is 13.7. The fourth-order valence-corrected chi connectivity index (χ4v) is 6.70. The van der Waals surface area contributed by atoms with Crippen LogP contribution in [0.1, 0.15) is 33.4 Å². The van der Waals surface area contributed by atoms with Gasteiger partial charge in [-0.25, -0.2) is 0 Å². The van der Waals surface area contributed by atoms with E-state index in [-0.39, 0.29) is 5.41 Å². The minimum absolute atomic E-state index is 0.255. The van der Waals surface area contributed by atoms with Crippen LogP contribution in [0.25, 0.3) is 22.3 Å². The summed E-state index contributed by atoms with van der Waals surface area (Å²) in [7, 11) is 0. The number of benzene rings is 5. The molecule has 33 heavy (non-hydrogen) atoms. The highest BCUT2D eigenvalue weighted by atomic mass is 127. The van der Waals surface area contributed by atoms with Crippen LogP contribution in [0.5, 0.6) is 0 Å². The molecule has 1 spiro atoms. The number of rotatable bonds is 2. The Kier molecular flexibility index (Phi) is 4.19. The Bertz CT molecular complexity index is 1500. The third-order valence-corrected chi connectivity index (χ3v) is 8.07. The third kappa shape index (κ3) is 2.57. The molecule has 0 fully saturated rings. The normalized spacial score (nSPS) is 14.0. The predicted molar refractivity (Wildman–Crippen MR) is 145 cm³/mol. The van der Waals surface area contributed by atoms with Gasteiger partial charge in [-0.15, -0.1) is 0 Å². The fraction of sp³-hybridized carbons (Fsp3) is 0.0625. The molecule has 2 aliphatic carbocycles. The first-order valence-electron chi connectivity index (χ1n) is 11.4. The Hall–Kier alpha value is -3.17. The lowest BCUT2D eigenvalue weighted by Crippen LogP contribution is -2.25.